The highest BCUT2D eigenvalue weighted by Gasteiger charge is 2.48. The molecule has 0 aromatic heterocycles. The van der Waals surface area contributed by atoms with E-state index in [0.717, 1.165) is 10.6 Å². The highest BCUT2D eigenvalue weighted by Crippen LogP contribution is 2.36. The number of allylic oxidation sites excluding steroid dienone is 2. The third kappa shape index (κ3) is 2.52. The Balaban J connectivity index is 1.76. The van der Waals surface area contributed by atoms with Crippen molar-refractivity contribution in [3.63, 3.8) is 0 Å². The Hall–Kier alpha value is -2.14. The van der Waals surface area contributed by atoms with Crippen LogP contribution in [0.2, 0.25) is 5.02 Å². The smallest absolute Gasteiger partial charge is 0.270 e. The van der Waals surface area contributed by atoms with Gasteiger partial charge in [0, 0.05) is 10.6 Å². The Bertz CT molecular complexity index is 681. The minimum Gasteiger partial charge on any atom is -0.272 e. The van der Waals surface area contributed by atoms with Crippen LogP contribution in [-0.2, 0) is 9.59 Å². The number of nitrogens with one attached hydrogen (secondary N) is 1. The molecule has 1 saturated heterocycles. The van der Waals surface area contributed by atoms with Gasteiger partial charge in [-0.05, 0) is 44.0 Å². The maximum Gasteiger partial charge on any atom is 0.270 e. The van der Waals surface area contributed by atoms with E-state index in [4.69, 9.17) is 11.6 Å². The lowest BCUT2D eigenvalue weighted by atomic mass is 9.82. The number of amides is 3. The molecule has 1 heterocycles. The minimum absolute atomic E-state index is 0.329. The second kappa shape index (κ2) is 5.57. The van der Waals surface area contributed by atoms with Gasteiger partial charge in [0.05, 0.1) is 11.8 Å². The van der Waals surface area contributed by atoms with Crippen molar-refractivity contribution in [2.24, 2.45) is 11.8 Å². The fourth-order valence-electron chi connectivity index (χ4n) is 2.92. The zero-order valence-electron chi connectivity index (χ0n) is 12.0. The van der Waals surface area contributed by atoms with Crippen LogP contribution in [0.4, 0.5) is 0 Å². The first-order valence-electron chi connectivity index (χ1n) is 7.07. The first kappa shape index (κ1) is 14.8. The van der Waals surface area contributed by atoms with Gasteiger partial charge in [0.25, 0.3) is 17.7 Å². The van der Waals surface area contributed by atoms with Crippen molar-refractivity contribution < 1.29 is 14.4 Å². The highest BCUT2D eigenvalue weighted by molar-refractivity contribution is 6.30. The van der Waals surface area contributed by atoms with Crippen molar-refractivity contribution in [3.8, 4) is 0 Å². The van der Waals surface area contributed by atoms with Crippen LogP contribution in [0.5, 0.6) is 0 Å². The third-order valence-corrected chi connectivity index (χ3v) is 4.39. The molecule has 0 spiro atoms. The van der Waals surface area contributed by atoms with Gasteiger partial charge in [-0.2, -0.15) is 5.01 Å². The van der Waals surface area contributed by atoms with E-state index in [1.54, 1.807) is 24.3 Å². The lowest BCUT2D eigenvalue weighted by Crippen LogP contribution is -2.46. The molecule has 1 aromatic carbocycles. The summed E-state index contributed by atoms with van der Waals surface area (Å²) in [4.78, 5) is 36.8. The molecule has 1 N–H and O–H groups in total. The molecular weight excluding hydrogens is 304 g/mol. The summed E-state index contributed by atoms with van der Waals surface area (Å²) in [6.07, 6.45) is 3.10. The number of rotatable bonds is 2. The molecule has 1 aliphatic heterocycles. The van der Waals surface area contributed by atoms with E-state index in [1.165, 1.54) is 0 Å². The second-order valence-electron chi connectivity index (χ2n) is 5.66. The van der Waals surface area contributed by atoms with Crippen LogP contribution in [0.3, 0.4) is 0 Å². The van der Waals surface area contributed by atoms with Gasteiger partial charge in [0.2, 0.25) is 0 Å². The Labute approximate surface area is 132 Å². The Kier molecular flexibility index (Phi) is 3.74. The number of halogens is 1. The predicted molar refractivity (Wildman–Crippen MR) is 80.7 cm³/mol. The maximum absolute atomic E-state index is 12.4. The molecule has 5 nitrogen and oxygen atoms in total. The summed E-state index contributed by atoms with van der Waals surface area (Å²) in [6, 6.07) is 6.25. The van der Waals surface area contributed by atoms with Gasteiger partial charge in [-0.15, -0.1) is 0 Å². The van der Waals surface area contributed by atoms with Crippen LogP contribution in [0.15, 0.2) is 35.9 Å². The molecule has 3 rings (SSSR count). The zero-order valence-corrected chi connectivity index (χ0v) is 12.8. The quantitative estimate of drug-likeness (QED) is 0.672. The van der Waals surface area contributed by atoms with Crippen LogP contribution in [0.25, 0.3) is 0 Å². The van der Waals surface area contributed by atoms with E-state index in [2.05, 4.69) is 5.43 Å². The number of nitrogens with zero attached hydrogens (tertiary/aromatic N) is 1. The lowest BCUT2D eigenvalue weighted by Gasteiger charge is -2.18. The van der Waals surface area contributed by atoms with Gasteiger partial charge < -0.3 is 0 Å². The standard InChI is InChI=1S/C16H15ClN2O3/c1-9-2-7-12-13(8-9)16(22)19(15(12)21)18-14(20)10-3-5-11(17)6-4-10/h2-6,12-13H,7-8H2,1H3,(H,18,20)/t12-,13-/m0/s1. The van der Waals surface area contributed by atoms with E-state index < -0.39 is 5.91 Å². The van der Waals surface area contributed by atoms with Gasteiger partial charge >= 0.3 is 0 Å². The monoisotopic (exact) mass is 318 g/mol. The van der Waals surface area contributed by atoms with E-state index in [1.807, 2.05) is 13.0 Å². The molecule has 0 radical (unpaired) electrons. The van der Waals surface area contributed by atoms with Gasteiger partial charge in [0.15, 0.2) is 0 Å². The van der Waals surface area contributed by atoms with Crippen molar-refractivity contribution in [2.45, 2.75) is 19.8 Å². The number of hydrazine groups is 1. The number of fused-ring (bicyclic) bond motifs is 1. The topological polar surface area (TPSA) is 66.5 Å². The fourth-order valence-corrected chi connectivity index (χ4v) is 3.04. The van der Waals surface area contributed by atoms with Crippen LogP contribution >= 0.6 is 11.6 Å². The highest BCUT2D eigenvalue weighted by atomic mass is 35.5. The first-order chi connectivity index (χ1) is 10.5. The molecule has 0 bridgehead atoms. The SMILES string of the molecule is CC1=CC[C@@H]2C(=O)N(NC(=O)c3ccc(Cl)cc3)C(=O)[C@H]2C1. The van der Waals surface area contributed by atoms with Gasteiger partial charge in [0.1, 0.15) is 0 Å². The number of imide groups is 1. The normalized spacial score (nSPS) is 24.1. The number of hydrogen-bond donors (Lipinski definition) is 1. The van der Waals surface area contributed by atoms with Gasteiger partial charge in [-0.1, -0.05) is 23.3 Å². The maximum atomic E-state index is 12.4. The van der Waals surface area contributed by atoms with Gasteiger partial charge in [-0.3, -0.25) is 19.8 Å². The molecule has 0 unspecified atom stereocenters. The summed E-state index contributed by atoms with van der Waals surface area (Å²) in [6.45, 7) is 1.95. The second-order valence-corrected chi connectivity index (χ2v) is 6.10. The van der Waals surface area contributed by atoms with Crippen LogP contribution in [0.1, 0.15) is 30.1 Å². The Morgan fingerprint density at radius 1 is 1.18 bits per heavy atom. The summed E-state index contributed by atoms with van der Waals surface area (Å²) >= 11 is 5.77. The van der Waals surface area contributed by atoms with E-state index >= 15 is 0 Å². The van der Waals surface area contributed by atoms with Crippen molar-refractivity contribution in [1.29, 1.82) is 0 Å². The third-order valence-electron chi connectivity index (χ3n) is 4.14. The summed E-state index contributed by atoms with van der Waals surface area (Å²) in [5.74, 6) is -1.88. The van der Waals surface area contributed by atoms with Crippen molar-refractivity contribution in [3.05, 3.63) is 46.5 Å². The molecule has 2 atom stereocenters. The largest absolute Gasteiger partial charge is 0.272 e. The number of hydrogen-bond acceptors (Lipinski definition) is 3. The molecule has 22 heavy (non-hydrogen) atoms. The molecule has 1 aliphatic carbocycles. The number of carbonyl (C=O) groups excluding carboxylic acids is 3. The molecular formula is C16H15ClN2O3. The molecule has 114 valence electrons. The van der Waals surface area contributed by atoms with E-state index in [9.17, 15) is 14.4 Å². The summed E-state index contributed by atoms with van der Waals surface area (Å²) < 4.78 is 0. The Morgan fingerprint density at radius 3 is 2.50 bits per heavy atom. The zero-order chi connectivity index (χ0) is 15.9. The Morgan fingerprint density at radius 2 is 1.82 bits per heavy atom. The summed E-state index contributed by atoms with van der Waals surface area (Å²) in [7, 11) is 0. The molecule has 2 aliphatic rings. The van der Waals surface area contributed by atoms with Crippen molar-refractivity contribution in [2.75, 3.05) is 0 Å². The van der Waals surface area contributed by atoms with Crippen molar-refractivity contribution in [1.82, 2.24) is 10.4 Å². The van der Waals surface area contributed by atoms with E-state index in [-0.39, 0.29) is 23.7 Å². The van der Waals surface area contributed by atoms with Crippen LogP contribution in [-0.4, -0.2) is 22.7 Å². The van der Waals surface area contributed by atoms with Crippen LogP contribution in [0, 0.1) is 11.8 Å². The lowest BCUT2D eigenvalue weighted by molar-refractivity contribution is -0.142. The molecule has 1 aromatic rings. The predicted octanol–water partition coefficient (Wildman–Crippen LogP) is 2.33. The molecule has 6 heteroatoms. The van der Waals surface area contributed by atoms with Crippen molar-refractivity contribution >= 4 is 29.3 Å². The summed E-state index contributed by atoms with van der Waals surface area (Å²) in [5, 5.41) is 1.39. The van der Waals surface area contributed by atoms with E-state index in [0.29, 0.717) is 23.4 Å². The van der Waals surface area contributed by atoms with Gasteiger partial charge in [-0.25, -0.2) is 0 Å². The molecule has 0 saturated carbocycles. The first-order valence-corrected chi connectivity index (χ1v) is 7.45. The summed E-state index contributed by atoms with van der Waals surface area (Å²) in [5.41, 5.74) is 3.86. The van der Waals surface area contributed by atoms with Crippen LogP contribution < -0.4 is 5.43 Å². The average molecular weight is 319 g/mol. The fraction of sp³-hybridized carbons (Fsp3) is 0.312. The molecule has 3 amide bonds. The average Bonchev–Trinajstić information content (AvgIpc) is 2.72. The number of carbonyl (C=O) groups is 3. The number of benzene rings is 1. The minimum atomic E-state index is -0.498. The molecule has 1 fully saturated rings.